The standard InChI is InChI=1S/C10H14N2.C6H12O7/c1-12-7-3-5-10(12)9-4-2-6-11-8-9;7-1-2(8)3(9)4(10)5(11)6(12)13/h2,4,6,8,10H,3,5,7H2,1H3;2-5,7-11H,1H2,(H,12,13). The largest absolute Gasteiger partial charge is 0.479 e. The zero-order chi connectivity index (χ0) is 19.0. The van der Waals surface area contributed by atoms with Gasteiger partial charge in [-0.05, 0) is 38.1 Å². The van der Waals surface area contributed by atoms with Gasteiger partial charge in [0.1, 0.15) is 18.3 Å². The van der Waals surface area contributed by atoms with Crippen molar-refractivity contribution in [3.8, 4) is 0 Å². The number of aliphatic hydroxyl groups excluding tert-OH is 5. The molecule has 0 amide bonds. The molecule has 0 saturated carbocycles. The molecule has 25 heavy (non-hydrogen) atoms. The first-order valence-electron chi connectivity index (χ1n) is 7.95. The maximum Gasteiger partial charge on any atom is 0.335 e. The number of nitrogens with zero attached hydrogens (tertiary/aromatic N) is 2. The number of carboxylic acids is 1. The van der Waals surface area contributed by atoms with Gasteiger partial charge in [0.15, 0.2) is 6.10 Å². The number of rotatable bonds is 6. The van der Waals surface area contributed by atoms with E-state index in [0.29, 0.717) is 6.04 Å². The number of carboxylic acid groups (broad SMARTS) is 1. The predicted octanol–water partition coefficient (Wildman–Crippen LogP) is -1.64. The van der Waals surface area contributed by atoms with Gasteiger partial charge in [0, 0.05) is 18.4 Å². The first-order valence-corrected chi connectivity index (χ1v) is 7.95. The van der Waals surface area contributed by atoms with Crippen LogP contribution in [0.5, 0.6) is 0 Å². The Bertz CT molecular complexity index is 516. The number of hydrogen-bond acceptors (Lipinski definition) is 8. The SMILES string of the molecule is CN1CCCC1c1cccnc1.O=C(O)C(O)C(O)C(O)C(O)CO. The molecule has 1 aromatic rings. The Morgan fingerprint density at radius 2 is 2.00 bits per heavy atom. The molecule has 1 aromatic heterocycles. The number of hydrogen-bond donors (Lipinski definition) is 6. The average Bonchev–Trinajstić information content (AvgIpc) is 3.06. The molecule has 1 aliphatic heterocycles. The van der Waals surface area contributed by atoms with Crippen molar-refractivity contribution in [3.05, 3.63) is 30.1 Å². The van der Waals surface area contributed by atoms with Gasteiger partial charge in [0.25, 0.3) is 0 Å². The monoisotopic (exact) mass is 358 g/mol. The number of aliphatic carboxylic acids is 1. The van der Waals surface area contributed by atoms with Gasteiger partial charge < -0.3 is 30.6 Å². The number of aliphatic hydroxyl groups is 5. The first kappa shape index (κ1) is 21.4. The summed E-state index contributed by atoms with van der Waals surface area (Å²) < 4.78 is 0. The number of carbonyl (C=O) groups is 1. The van der Waals surface area contributed by atoms with Gasteiger partial charge in [-0.25, -0.2) is 4.79 Å². The van der Waals surface area contributed by atoms with Crippen LogP contribution in [0.1, 0.15) is 24.4 Å². The van der Waals surface area contributed by atoms with Gasteiger partial charge in [-0.1, -0.05) is 6.07 Å². The minimum atomic E-state index is -2.20. The lowest BCUT2D eigenvalue weighted by Gasteiger charge is -2.23. The fraction of sp³-hybridized carbons (Fsp3) is 0.625. The molecular weight excluding hydrogens is 332 g/mol. The van der Waals surface area contributed by atoms with Crippen molar-refractivity contribution in [1.82, 2.24) is 9.88 Å². The van der Waals surface area contributed by atoms with Gasteiger partial charge in [-0.15, -0.1) is 0 Å². The van der Waals surface area contributed by atoms with E-state index in [0.717, 1.165) is 0 Å². The summed E-state index contributed by atoms with van der Waals surface area (Å²) in [7, 11) is 2.19. The van der Waals surface area contributed by atoms with Crippen LogP contribution in [-0.4, -0.2) is 91.1 Å². The molecule has 0 aromatic carbocycles. The van der Waals surface area contributed by atoms with E-state index in [4.69, 9.17) is 30.6 Å². The molecule has 1 aliphatic rings. The number of aromatic nitrogens is 1. The normalized spacial score (nSPS) is 22.4. The molecule has 142 valence electrons. The van der Waals surface area contributed by atoms with E-state index in [9.17, 15) is 4.79 Å². The molecule has 1 saturated heterocycles. The van der Waals surface area contributed by atoms with Crippen molar-refractivity contribution in [1.29, 1.82) is 0 Å². The van der Waals surface area contributed by atoms with Crippen LogP contribution < -0.4 is 0 Å². The fourth-order valence-electron chi connectivity index (χ4n) is 2.57. The van der Waals surface area contributed by atoms with E-state index in [2.05, 4.69) is 23.0 Å². The molecule has 0 radical (unpaired) electrons. The predicted molar refractivity (Wildman–Crippen MR) is 87.6 cm³/mol. The van der Waals surface area contributed by atoms with Crippen molar-refractivity contribution >= 4 is 5.97 Å². The molecule has 0 aliphatic carbocycles. The summed E-state index contributed by atoms with van der Waals surface area (Å²) in [6, 6.07) is 4.79. The van der Waals surface area contributed by atoms with E-state index in [1.807, 2.05) is 18.5 Å². The lowest BCUT2D eigenvalue weighted by atomic mass is 10.0. The molecule has 2 rings (SSSR count). The highest BCUT2D eigenvalue weighted by Gasteiger charge is 2.33. The molecule has 9 nitrogen and oxygen atoms in total. The molecule has 9 heteroatoms. The Morgan fingerprint density at radius 1 is 1.32 bits per heavy atom. The Hall–Kier alpha value is -1.62. The quantitative estimate of drug-likeness (QED) is 0.351. The molecule has 2 heterocycles. The molecule has 0 spiro atoms. The van der Waals surface area contributed by atoms with Gasteiger partial charge in [0.05, 0.1) is 6.61 Å². The zero-order valence-electron chi connectivity index (χ0n) is 14.0. The highest BCUT2D eigenvalue weighted by Crippen LogP contribution is 2.29. The van der Waals surface area contributed by atoms with Crippen molar-refractivity contribution < 1.29 is 35.4 Å². The minimum Gasteiger partial charge on any atom is -0.479 e. The van der Waals surface area contributed by atoms with Crippen LogP contribution in [0.2, 0.25) is 0 Å². The van der Waals surface area contributed by atoms with Crippen LogP contribution in [0.3, 0.4) is 0 Å². The lowest BCUT2D eigenvalue weighted by molar-refractivity contribution is -0.164. The Labute approximate surface area is 145 Å². The van der Waals surface area contributed by atoms with E-state index in [-0.39, 0.29) is 0 Å². The summed E-state index contributed by atoms with van der Waals surface area (Å²) in [6.07, 6.45) is -1.43. The average molecular weight is 358 g/mol. The maximum atomic E-state index is 10.1. The molecule has 1 fully saturated rings. The summed E-state index contributed by atoms with van der Waals surface area (Å²) in [5.41, 5.74) is 1.36. The molecule has 5 atom stereocenters. The van der Waals surface area contributed by atoms with Crippen LogP contribution in [-0.2, 0) is 4.79 Å². The van der Waals surface area contributed by atoms with Crippen molar-refractivity contribution in [2.24, 2.45) is 0 Å². The van der Waals surface area contributed by atoms with E-state index in [1.54, 1.807) is 0 Å². The van der Waals surface area contributed by atoms with Gasteiger partial charge in [0.2, 0.25) is 0 Å². The fourth-order valence-corrected chi connectivity index (χ4v) is 2.57. The molecule has 5 unspecified atom stereocenters. The zero-order valence-corrected chi connectivity index (χ0v) is 14.0. The van der Waals surface area contributed by atoms with Crippen LogP contribution in [0.25, 0.3) is 0 Å². The number of pyridine rings is 1. The van der Waals surface area contributed by atoms with Crippen molar-refractivity contribution in [2.75, 3.05) is 20.2 Å². The van der Waals surface area contributed by atoms with Crippen molar-refractivity contribution in [2.45, 2.75) is 43.3 Å². The summed E-state index contributed by atoms with van der Waals surface area (Å²) in [6.45, 7) is 0.379. The lowest BCUT2D eigenvalue weighted by Crippen LogP contribution is -2.48. The third-order valence-electron chi connectivity index (χ3n) is 4.10. The second kappa shape index (κ2) is 10.4. The summed E-state index contributed by atoms with van der Waals surface area (Å²) in [4.78, 5) is 16.6. The topological polar surface area (TPSA) is 155 Å². The number of likely N-dealkylation sites (tertiary alicyclic amines) is 1. The van der Waals surface area contributed by atoms with Gasteiger partial charge in [-0.3, -0.25) is 9.88 Å². The van der Waals surface area contributed by atoms with Crippen molar-refractivity contribution in [3.63, 3.8) is 0 Å². The molecular formula is C16H26N2O7. The Morgan fingerprint density at radius 3 is 2.44 bits per heavy atom. The highest BCUT2D eigenvalue weighted by molar-refractivity contribution is 5.72. The Balaban J connectivity index is 0.000000250. The summed E-state index contributed by atoms with van der Waals surface area (Å²) >= 11 is 0. The van der Waals surface area contributed by atoms with Crippen LogP contribution in [0.15, 0.2) is 24.5 Å². The van der Waals surface area contributed by atoms with Gasteiger partial charge >= 0.3 is 5.97 Å². The third-order valence-corrected chi connectivity index (χ3v) is 4.10. The second-order valence-corrected chi connectivity index (χ2v) is 5.94. The highest BCUT2D eigenvalue weighted by atomic mass is 16.4. The third kappa shape index (κ3) is 6.31. The minimum absolute atomic E-state index is 0.610. The van der Waals surface area contributed by atoms with E-state index in [1.165, 1.54) is 24.9 Å². The van der Waals surface area contributed by atoms with Crippen LogP contribution >= 0.6 is 0 Å². The van der Waals surface area contributed by atoms with Crippen LogP contribution in [0.4, 0.5) is 0 Å². The first-order chi connectivity index (χ1) is 11.8. The maximum absolute atomic E-state index is 10.1. The second-order valence-electron chi connectivity index (χ2n) is 5.94. The van der Waals surface area contributed by atoms with E-state index < -0.39 is 37.0 Å². The van der Waals surface area contributed by atoms with Crippen LogP contribution in [0, 0.1) is 0 Å². The smallest absolute Gasteiger partial charge is 0.335 e. The van der Waals surface area contributed by atoms with E-state index >= 15 is 0 Å². The molecule has 6 N–H and O–H groups in total. The summed E-state index contributed by atoms with van der Waals surface area (Å²) in [5.74, 6) is -1.73. The van der Waals surface area contributed by atoms with Gasteiger partial charge in [-0.2, -0.15) is 0 Å². The molecule has 0 bridgehead atoms. The summed E-state index contributed by atoms with van der Waals surface area (Å²) in [5, 5.41) is 51.8. The Kier molecular flexibility index (Phi) is 8.90.